The number of halogens is 1. The lowest BCUT2D eigenvalue weighted by molar-refractivity contribution is 0.0881. The lowest BCUT2D eigenvalue weighted by Gasteiger charge is -2.25. The van der Waals surface area contributed by atoms with Crippen LogP contribution < -0.4 is 10.2 Å². The maximum atomic E-state index is 12.3. The Bertz CT molecular complexity index is 1060. The Morgan fingerprint density at radius 1 is 1.23 bits per heavy atom. The smallest absolute Gasteiger partial charge is 0.416 e. The highest BCUT2D eigenvalue weighted by molar-refractivity contribution is 6.30. The molecule has 3 heterocycles. The second-order valence-electron chi connectivity index (χ2n) is 7.24. The number of carbonyl (C=O) groups is 1. The largest absolute Gasteiger partial charge is 0.447 e. The van der Waals surface area contributed by atoms with E-state index in [1.807, 2.05) is 48.9 Å². The van der Waals surface area contributed by atoms with Gasteiger partial charge in [-0.1, -0.05) is 11.6 Å². The van der Waals surface area contributed by atoms with Crippen molar-refractivity contribution >= 4 is 29.5 Å². The third kappa shape index (κ3) is 4.47. The average molecular weight is 443 g/mol. The van der Waals surface area contributed by atoms with E-state index < -0.39 is 6.09 Å². The average Bonchev–Trinajstić information content (AvgIpc) is 3.41. The normalized spacial score (nSPS) is 18.0. The Hall–Kier alpha value is -3.17. The zero-order chi connectivity index (χ0) is 22.0. The van der Waals surface area contributed by atoms with Crippen molar-refractivity contribution in [3.63, 3.8) is 0 Å². The van der Waals surface area contributed by atoms with Crippen molar-refractivity contribution in [3.8, 4) is 5.69 Å². The van der Waals surface area contributed by atoms with Gasteiger partial charge in [0.2, 0.25) is 5.95 Å². The van der Waals surface area contributed by atoms with Gasteiger partial charge in [0.05, 0.1) is 24.2 Å². The van der Waals surface area contributed by atoms with Crippen LogP contribution in [0, 0.1) is 0 Å². The van der Waals surface area contributed by atoms with E-state index in [2.05, 4.69) is 20.3 Å². The van der Waals surface area contributed by atoms with E-state index in [1.54, 1.807) is 25.7 Å². The van der Waals surface area contributed by atoms with Crippen LogP contribution in [-0.4, -0.2) is 51.5 Å². The van der Waals surface area contributed by atoms with Crippen LogP contribution in [-0.2, 0) is 9.47 Å². The number of hydrogen-bond donors (Lipinski definition) is 1. The molecule has 1 fully saturated rings. The molecule has 31 heavy (non-hydrogen) atoms. The molecule has 3 atom stereocenters. The van der Waals surface area contributed by atoms with Crippen LogP contribution in [0.25, 0.3) is 5.69 Å². The lowest BCUT2D eigenvalue weighted by atomic mass is 10.2. The first-order valence-electron chi connectivity index (χ1n) is 9.84. The van der Waals surface area contributed by atoms with E-state index in [0.29, 0.717) is 16.8 Å². The molecule has 0 saturated carbocycles. The second-order valence-corrected chi connectivity index (χ2v) is 7.68. The predicted octanol–water partition coefficient (Wildman–Crippen LogP) is 3.85. The molecule has 0 bridgehead atoms. The van der Waals surface area contributed by atoms with Gasteiger partial charge in [-0.25, -0.2) is 14.8 Å². The fourth-order valence-electron chi connectivity index (χ4n) is 3.34. The summed E-state index contributed by atoms with van der Waals surface area (Å²) < 4.78 is 12.5. The number of carbonyl (C=O) groups excluding carboxylic acids is 1. The van der Waals surface area contributed by atoms with E-state index in [1.165, 1.54) is 4.90 Å². The van der Waals surface area contributed by atoms with Gasteiger partial charge in [0, 0.05) is 30.2 Å². The maximum absolute atomic E-state index is 12.3. The molecule has 3 aromatic rings. The molecule has 0 aliphatic carbocycles. The number of rotatable bonds is 7. The summed E-state index contributed by atoms with van der Waals surface area (Å²) in [6, 6.07) is 8.76. The van der Waals surface area contributed by atoms with Crippen molar-refractivity contribution in [2.75, 3.05) is 23.9 Å². The van der Waals surface area contributed by atoms with Crippen LogP contribution in [0.15, 0.2) is 49.1 Å². The van der Waals surface area contributed by atoms with Crippen LogP contribution in [0.3, 0.4) is 0 Å². The van der Waals surface area contributed by atoms with E-state index in [9.17, 15) is 4.79 Å². The number of aromatic nitrogens is 4. The Morgan fingerprint density at radius 2 is 2.00 bits per heavy atom. The summed E-state index contributed by atoms with van der Waals surface area (Å²) in [6.45, 7) is 4.10. The molecular formula is C21H23ClN6O3. The third-order valence-corrected chi connectivity index (χ3v) is 5.48. The minimum Gasteiger partial charge on any atom is -0.447 e. The SMILES string of the molecule is CO[C@H](C)C1COC(=O)N1c1ccnc(N[C@@H](C)c2cn(-c3ccc(Cl)cc3)cn2)n1. The second kappa shape index (κ2) is 8.91. The Labute approximate surface area is 185 Å². The van der Waals surface area contributed by atoms with Crippen molar-refractivity contribution in [2.24, 2.45) is 0 Å². The van der Waals surface area contributed by atoms with Crippen molar-refractivity contribution in [3.05, 3.63) is 59.8 Å². The number of anilines is 2. The molecule has 162 valence electrons. The van der Waals surface area contributed by atoms with Gasteiger partial charge in [0.1, 0.15) is 18.5 Å². The van der Waals surface area contributed by atoms with E-state index in [4.69, 9.17) is 21.1 Å². The molecule has 1 aliphatic rings. The molecule has 10 heteroatoms. The van der Waals surface area contributed by atoms with Crippen LogP contribution >= 0.6 is 11.6 Å². The van der Waals surface area contributed by atoms with Gasteiger partial charge in [-0.3, -0.25) is 4.90 Å². The summed E-state index contributed by atoms with van der Waals surface area (Å²) in [7, 11) is 1.60. The third-order valence-electron chi connectivity index (χ3n) is 5.22. The molecule has 2 aromatic heterocycles. The number of nitrogens with one attached hydrogen (secondary N) is 1. The molecule has 0 spiro atoms. The summed E-state index contributed by atoms with van der Waals surface area (Å²) >= 11 is 5.96. The summed E-state index contributed by atoms with van der Waals surface area (Å²) in [5, 5.41) is 3.92. The number of amides is 1. The number of hydrogen-bond acceptors (Lipinski definition) is 7. The molecule has 1 saturated heterocycles. The topological polar surface area (TPSA) is 94.4 Å². The summed E-state index contributed by atoms with van der Waals surface area (Å²) in [5.74, 6) is 0.836. The van der Waals surface area contributed by atoms with E-state index >= 15 is 0 Å². The minimum atomic E-state index is -0.451. The van der Waals surface area contributed by atoms with Gasteiger partial charge in [-0.2, -0.15) is 4.98 Å². The number of ether oxygens (including phenoxy) is 2. The van der Waals surface area contributed by atoms with Crippen LogP contribution in [0.2, 0.25) is 5.02 Å². The van der Waals surface area contributed by atoms with Crippen molar-refractivity contribution in [1.29, 1.82) is 0 Å². The summed E-state index contributed by atoms with van der Waals surface area (Å²) in [4.78, 5) is 27.0. The van der Waals surface area contributed by atoms with Gasteiger partial charge < -0.3 is 19.4 Å². The van der Waals surface area contributed by atoms with Crippen LogP contribution in [0.4, 0.5) is 16.6 Å². The first-order chi connectivity index (χ1) is 15.0. The molecule has 1 N–H and O–H groups in total. The zero-order valence-electron chi connectivity index (χ0n) is 17.4. The van der Waals surface area contributed by atoms with E-state index in [0.717, 1.165) is 11.4 Å². The summed E-state index contributed by atoms with van der Waals surface area (Å²) in [6.07, 6.45) is 4.62. The van der Waals surface area contributed by atoms with Crippen molar-refractivity contribution in [1.82, 2.24) is 19.5 Å². The number of cyclic esters (lactones) is 1. The Kier molecular flexibility index (Phi) is 6.06. The Morgan fingerprint density at radius 3 is 2.74 bits per heavy atom. The zero-order valence-corrected chi connectivity index (χ0v) is 18.2. The number of benzene rings is 1. The monoisotopic (exact) mass is 442 g/mol. The number of methoxy groups -OCH3 is 1. The standard InChI is InChI=1S/C21H23ClN6O3/c1-13(17-10-27(12-24-17)16-6-4-15(22)5-7-16)25-20-23-9-8-19(26-20)28-18(14(2)30-3)11-31-21(28)29/h4-10,12-14,18H,11H2,1-3H3,(H,23,25,26)/t13-,14+,18?/m0/s1. The summed E-state index contributed by atoms with van der Waals surface area (Å²) in [5.41, 5.74) is 1.77. The molecule has 4 rings (SSSR count). The first kappa shape index (κ1) is 21.1. The van der Waals surface area contributed by atoms with Crippen molar-refractivity contribution < 1.29 is 14.3 Å². The van der Waals surface area contributed by atoms with Gasteiger partial charge in [-0.15, -0.1) is 0 Å². The van der Waals surface area contributed by atoms with Gasteiger partial charge in [0.15, 0.2) is 0 Å². The molecular weight excluding hydrogens is 420 g/mol. The highest BCUT2D eigenvalue weighted by Gasteiger charge is 2.39. The lowest BCUT2D eigenvalue weighted by Crippen LogP contribution is -2.42. The molecule has 0 radical (unpaired) electrons. The predicted molar refractivity (Wildman–Crippen MR) is 117 cm³/mol. The van der Waals surface area contributed by atoms with Gasteiger partial charge in [-0.05, 0) is 44.2 Å². The number of nitrogens with zero attached hydrogens (tertiary/aromatic N) is 5. The first-order valence-corrected chi connectivity index (χ1v) is 10.2. The van der Waals surface area contributed by atoms with Gasteiger partial charge >= 0.3 is 6.09 Å². The van der Waals surface area contributed by atoms with Crippen LogP contribution in [0.5, 0.6) is 0 Å². The van der Waals surface area contributed by atoms with Gasteiger partial charge in [0.25, 0.3) is 0 Å². The number of imidazole rings is 1. The molecule has 9 nitrogen and oxygen atoms in total. The highest BCUT2D eigenvalue weighted by atomic mass is 35.5. The fraction of sp³-hybridized carbons (Fsp3) is 0.333. The fourth-order valence-corrected chi connectivity index (χ4v) is 3.46. The highest BCUT2D eigenvalue weighted by Crippen LogP contribution is 2.25. The maximum Gasteiger partial charge on any atom is 0.416 e. The molecule has 1 aliphatic heterocycles. The van der Waals surface area contributed by atoms with Crippen molar-refractivity contribution in [2.45, 2.75) is 32.0 Å². The molecule has 1 amide bonds. The molecule has 1 aromatic carbocycles. The van der Waals surface area contributed by atoms with E-state index in [-0.39, 0.29) is 24.8 Å². The Balaban J connectivity index is 1.50. The minimum absolute atomic E-state index is 0.164. The quantitative estimate of drug-likeness (QED) is 0.593. The van der Waals surface area contributed by atoms with Crippen LogP contribution in [0.1, 0.15) is 25.6 Å². The molecule has 1 unspecified atom stereocenters.